The van der Waals surface area contributed by atoms with E-state index in [9.17, 15) is 4.79 Å². The molecule has 2 N–H and O–H groups in total. The van der Waals surface area contributed by atoms with Gasteiger partial charge in [0.05, 0.1) is 0 Å². The van der Waals surface area contributed by atoms with Crippen LogP contribution in [0.4, 0.5) is 5.13 Å². The van der Waals surface area contributed by atoms with Gasteiger partial charge in [0.1, 0.15) is 6.33 Å². The number of hydrogen-bond donors (Lipinski definition) is 2. The Bertz CT molecular complexity index is 381. The zero-order chi connectivity index (χ0) is 9.10. The molecular weight excluding hydrogens is 190 g/mol. The maximum atomic E-state index is 11.3. The molecule has 0 atom stereocenters. The van der Waals surface area contributed by atoms with Crippen molar-refractivity contribution in [2.45, 2.75) is 0 Å². The van der Waals surface area contributed by atoms with E-state index in [2.05, 4.69) is 25.5 Å². The fourth-order valence-electron chi connectivity index (χ4n) is 0.756. The molecule has 0 unspecified atom stereocenters. The Morgan fingerprint density at radius 2 is 2.46 bits per heavy atom. The molecule has 2 heterocycles. The van der Waals surface area contributed by atoms with E-state index in [0.29, 0.717) is 5.13 Å². The van der Waals surface area contributed by atoms with Crippen LogP contribution in [-0.2, 0) is 0 Å². The van der Waals surface area contributed by atoms with Gasteiger partial charge in [0.25, 0.3) is 5.91 Å². The van der Waals surface area contributed by atoms with E-state index in [1.807, 2.05) is 0 Å². The monoisotopic (exact) mass is 195 g/mol. The van der Waals surface area contributed by atoms with Gasteiger partial charge >= 0.3 is 0 Å². The second-order valence-electron chi connectivity index (χ2n) is 2.13. The summed E-state index contributed by atoms with van der Waals surface area (Å²) < 4.78 is 0. The average molecular weight is 195 g/mol. The lowest BCUT2D eigenvalue weighted by atomic mass is 10.6. The third-order valence-electron chi connectivity index (χ3n) is 1.28. The van der Waals surface area contributed by atoms with Gasteiger partial charge in [-0.25, -0.2) is 9.97 Å². The van der Waals surface area contributed by atoms with E-state index in [0.717, 1.165) is 0 Å². The van der Waals surface area contributed by atoms with Crippen molar-refractivity contribution in [2.24, 2.45) is 0 Å². The molecule has 0 aromatic carbocycles. The first-order valence-electron chi connectivity index (χ1n) is 3.42. The Labute approximate surface area is 77.0 Å². The van der Waals surface area contributed by atoms with Crippen LogP contribution in [0, 0.1) is 0 Å². The minimum Gasteiger partial charge on any atom is -0.295 e. The number of nitrogens with zero attached hydrogens (tertiary/aromatic N) is 3. The van der Waals surface area contributed by atoms with Crippen LogP contribution >= 0.6 is 11.3 Å². The number of thiazole rings is 1. The molecule has 0 aliphatic carbocycles. The number of H-pyrrole nitrogens is 1. The lowest BCUT2D eigenvalue weighted by Gasteiger charge is -1.95. The summed E-state index contributed by atoms with van der Waals surface area (Å²) in [5.74, 6) is -0.164. The Hall–Kier alpha value is -1.76. The predicted molar refractivity (Wildman–Crippen MR) is 46.4 cm³/mol. The smallest absolute Gasteiger partial charge is 0.294 e. The summed E-state index contributed by atoms with van der Waals surface area (Å²) in [5, 5.41) is 10.9. The van der Waals surface area contributed by atoms with Crippen molar-refractivity contribution in [3.63, 3.8) is 0 Å². The lowest BCUT2D eigenvalue weighted by Crippen LogP contribution is -2.13. The second-order valence-corrected chi connectivity index (χ2v) is 3.02. The van der Waals surface area contributed by atoms with Crippen LogP contribution in [0.1, 0.15) is 10.6 Å². The summed E-state index contributed by atoms with van der Waals surface area (Å²) in [6.45, 7) is 0. The third-order valence-corrected chi connectivity index (χ3v) is 1.97. The third kappa shape index (κ3) is 1.70. The van der Waals surface area contributed by atoms with Gasteiger partial charge in [-0.05, 0) is 0 Å². The normalized spacial score (nSPS) is 9.85. The first-order valence-corrected chi connectivity index (χ1v) is 4.30. The van der Waals surface area contributed by atoms with E-state index >= 15 is 0 Å². The Balaban J connectivity index is 2.08. The molecule has 2 rings (SSSR count). The maximum Gasteiger partial charge on any atom is 0.294 e. The van der Waals surface area contributed by atoms with Gasteiger partial charge in [-0.1, -0.05) is 0 Å². The van der Waals surface area contributed by atoms with Crippen molar-refractivity contribution in [3.05, 3.63) is 23.7 Å². The zero-order valence-corrected chi connectivity index (χ0v) is 7.21. The number of hydrogen-bond acceptors (Lipinski definition) is 5. The van der Waals surface area contributed by atoms with Crippen LogP contribution in [0.5, 0.6) is 0 Å². The van der Waals surface area contributed by atoms with Crippen molar-refractivity contribution >= 4 is 22.4 Å². The molecule has 0 fully saturated rings. The molecule has 0 saturated heterocycles. The Kier molecular flexibility index (Phi) is 2.01. The predicted octanol–water partition coefficient (Wildman–Crippen LogP) is 0.513. The van der Waals surface area contributed by atoms with Gasteiger partial charge in [-0.2, -0.15) is 5.10 Å². The molecule has 13 heavy (non-hydrogen) atoms. The Morgan fingerprint density at radius 1 is 1.54 bits per heavy atom. The average Bonchev–Trinajstić information content (AvgIpc) is 2.74. The van der Waals surface area contributed by atoms with Crippen molar-refractivity contribution < 1.29 is 4.79 Å². The van der Waals surface area contributed by atoms with E-state index in [4.69, 9.17) is 0 Å². The van der Waals surface area contributed by atoms with E-state index < -0.39 is 0 Å². The number of carbonyl (C=O) groups excluding carboxylic acids is 1. The molecule has 7 heteroatoms. The SMILES string of the molecule is O=C(Nc1nccs1)c1ncn[nH]1. The molecule has 0 bridgehead atoms. The van der Waals surface area contributed by atoms with Crippen molar-refractivity contribution in [1.29, 1.82) is 0 Å². The summed E-state index contributed by atoms with van der Waals surface area (Å²) >= 11 is 1.34. The Morgan fingerprint density at radius 3 is 3.08 bits per heavy atom. The zero-order valence-electron chi connectivity index (χ0n) is 6.39. The van der Waals surface area contributed by atoms with Crippen LogP contribution < -0.4 is 5.32 Å². The van der Waals surface area contributed by atoms with E-state index in [-0.39, 0.29) is 11.7 Å². The molecule has 2 aromatic heterocycles. The molecule has 2 aromatic rings. The summed E-state index contributed by atoms with van der Waals surface area (Å²) in [7, 11) is 0. The van der Waals surface area contributed by atoms with Gasteiger partial charge in [-0.3, -0.25) is 15.2 Å². The number of aromatic amines is 1. The minimum absolute atomic E-state index is 0.176. The fourth-order valence-corrected chi connectivity index (χ4v) is 1.28. The highest BCUT2D eigenvalue weighted by molar-refractivity contribution is 7.13. The van der Waals surface area contributed by atoms with E-state index in [1.54, 1.807) is 11.6 Å². The van der Waals surface area contributed by atoms with Crippen LogP contribution in [0.2, 0.25) is 0 Å². The second kappa shape index (κ2) is 3.31. The van der Waals surface area contributed by atoms with Crippen LogP contribution in [-0.4, -0.2) is 26.1 Å². The highest BCUT2D eigenvalue weighted by Gasteiger charge is 2.09. The molecule has 0 saturated carbocycles. The molecular formula is C6H5N5OS. The van der Waals surface area contributed by atoms with E-state index in [1.165, 1.54) is 17.7 Å². The van der Waals surface area contributed by atoms with Gasteiger partial charge in [-0.15, -0.1) is 11.3 Å². The summed E-state index contributed by atoms with van der Waals surface area (Å²) in [6.07, 6.45) is 2.89. The molecule has 0 aliphatic rings. The minimum atomic E-state index is -0.340. The number of rotatable bonds is 2. The topological polar surface area (TPSA) is 83.6 Å². The van der Waals surface area contributed by atoms with Crippen LogP contribution in [0.25, 0.3) is 0 Å². The number of anilines is 1. The van der Waals surface area contributed by atoms with Crippen LogP contribution in [0.15, 0.2) is 17.9 Å². The number of aromatic nitrogens is 4. The maximum absolute atomic E-state index is 11.3. The first kappa shape index (κ1) is 7.87. The standard InChI is InChI=1S/C6H5N5OS/c12-5(4-8-3-9-11-4)10-6-7-1-2-13-6/h1-3H,(H,7,10,12)(H,8,9,11). The van der Waals surface area contributed by atoms with Crippen LogP contribution in [0.3, 0.4) is 0 Å². The molecule has 66 valence electrons. The number of amides is 1. The van der Waals surface area contributed by atoms with Gasteiger partial charge in [0, 0.05) is 11.6 Å². The molecule has 0 aliphatic heterocycles. The quantitative estimate of drug-likeness (QED) is 0.731. The van der Waals surface area contributed by atoms with Gasteiger partial charge in [0.2, 0.25) is 5.82 Å². The fraction of sp³-hybridized carbons (Fsp3) is 0. The van der Waals surface area contributed by atoms with Gasteiger partial charge in [0.15, 0.2) is 5.13 Å². The summed E-state index contributed by atoms with van der Waals surface area (Å²) in [6, 6.07) is 0. The first-order chi connectivity index (χ1) is 6.36. The molecule has 0 spiro atoms. The molecule has 0 radical (unpaired) electrons. The largest absolute Gasteiger partial charge is 0.295 e. The molecule has 6 nitrogen and oxygen atoms in total. The number of nitrogens with one attached hydrogen (secondary N) is 2. The lowest BCUT2D eigenvalue weighted by molar-refractivity contribution is 0.101. The van der Waals surface area contributed by atoms with Crippen molar-refractivity contribution in [3.8, 4) is 0 Å². The van der Waals surface area contributed by atoms with Gasteiger partial charge < -0.3 is 0 Å². The molecule has 1 amide bonds. The number of carbonyl (C=O) groups is 1. The highest BCUT2D eigenvalue weighted by Crippen LogP contribution is 2.10. The van der Waals surface area contributed by atoms with Crippen molar-refractivity contribution in [2.75, 3.05) is 5.32 Å². The summed E-state index contributed by atoms with van der Waals surface area (Å²) in [4.78, 5) is 18.9. The summed E-state index contributed by atoms with van der Waals surface area (Å²) in [5.41, 5.74) is 0. The van der Waals surface area contributed by atoms with Crippen molar-refractivity contribution in [1.82, 2.24) is 20.2 Å². The highest BCUT2D eigenvalue weighted by atomic mass is 32.1.